The molecule has 3 fully saturated rings. The van der Waals surface area contributed by atoms with Gasteiger partial charge in [-0.2, -0.15) is 10.4 Å². The average molecular weight is 550 g/mol. The van der Waals surface area contributed by atoms with Crippen molar-refractivity contribution in [2.75, 3.05) is 80.7 Å². The van der Waals surface area contributed by atoms with Crippen LogP contribution in [-0.2, 0) is 9.47 Å². The Balaban J connectivity index is 1.06. The van der Waals surface area contributed by atoms with Crippen LogP contribution in [-0.4, -0.2) is 110 Å². The molecule has 3 aliphatic heterocycles. The number of methoxy groups -OCH3 is 1. The van der Waals surface area contributed by atoms with E-state index in [1.54, 1.807) is 13.2 Å². The maximum atomic E-state index is 14.7. The number of nitrogens with two attached hydrogens (primary N) is 1. The van der Waals surface area contributed by atoms with Crippen molar-refractivity contribution in [2.45, 2.75) is 31.3 Å². The zero-order chi connectivity index (χ0) is 27.8. The van der Waals surface area contributed by atoms with Crippen molar-refractivity contribution < 1.29 is 13.9 Å². The van der Waals surface area contributed by atoms with E-state index >= 15 is 0 Å². The summed E-state index contributed by atoms with van der Waals surface area (Å²) in [6, 6.07) is 9.81. The van der Waals surface area contributed by atoms with E-state index in [0.29, 0.717) is 24.3 Å². The molecule has 3 aromatic rings. The van der Waals surface area contributed by atoms with E-state index in [9.17, 15) is 9.65 Å². The van der Waals surface area contributed by atoms with Crippen LogP contribution in [0.1, 0.15) is 12.6 Å². The van der Waals surface area contributed by atoms with E-state index in [1.807, 2.05) is 19.2 Å². The van der Waals surface area contributed by atoms with Crippen molar-refractivity contribution in [1.29, 1.82) is 5.26 Å². The molecule has 0 amide bonds. The summed E-state index contributed by atoms with van der Waals surface area (Å²) in [5, 5.41) is 13.5. The molecule has 6 heterocycles. The maximum absolute atomic E-state index is 14.7. The third-order valence-electron chi connectivity index (χ3n) is 8.24. The molecule has 0 aliphatic carbocycles. The number of nitrogens with zero attached hydrogens (tertiary/aromatic N) is 8. The van der Waals surface area contributed by atoms with Gasteiger partial charge in [0.15, 0.2) is 5.82 Å². The molecular formula is C28H36FN9O2. The van der Waals surface area contributed by atoms with E-state index in [1.165, 1.54) is 10.7 Å². The van der Waals surface area contributed by atoms with Crippen molar-refractivity contribution in [3.05, 3.63) is 48.2 Å². The van der Waals surface area contributed by atoms with E-state index in [4.69, 9.17) is 20.2 Å². The predicted molar refractivity (Wildman–Crippen MR) is 150 cm³/mol. The summed E-state index contributed by atoms with van der Waals surface area (Å²) < 4.78 is 27.9. The molecule has 2 N–H and O–H groups in total. The van der Waals surface area contributed by atoms with Gasteiger partial charge in [-0.15, -0.1) is 0 Å². The van der Waals surface area contributed by atoms with Gasteiger partial charge >= 0.3 is 0 Å². The van der Waals surface area contributed by atoms with Gasteiger partial charge in [0.2, 0.25) is 0 Å². The highest BCUT2D eigenvalue weighted by Gasteiger charge is 2.32. The Labute approximate surface area is 233 Å². The van der Waals surface area contributed by atoms with Crippen LogP contribution in [0.4, 0.5) is 21.6 Å². The molecule has 3 saturated heterocycles. The second-order valence-electron chi connectivity index (χ2n) is 10.9. The smallest absolute Gasteiger partial charge is 0.171 e. The van der Waals surface area contributed by atoms with Gasteiger partial charge in [0.25, 0.3) is 0 Å². The number of anilines is 3. The number of nitriles is 1. The van der Waals surface area contributed by atoms with Crippen LogP contribution in [0.2, 0.25) is 0 Å². The second-order valence-corrected chi connectivity index (χ2v) is 10.9. The highest BCUT2D eigenvalue weighted by molar-refractivity contribution is 5.74. The highest BCUT2D eigenvalue weighted by atomic mass is 19.1. The van der Waals surface area contributed by atoms with E-state index in [0.717, 1.165) is 63.0 Å². The van der Waals surface area contributed by atoms with Gasteiger partial charge in [0.1, 0.15) is 23.1 Å². The number of hydrogen-bond donors (Lipinski definition) is 1. The number of pyridine rings is 2. The lowest BCUT2D eigenvalue weighted by atomic mass is 10.1. The van der Waals surface area contributed by atoms with Crippen molar-refractivity contribution in [2.24, 2.45) is 5.73 Å². The van der Waals surface area contributed by atoms with Crippen molar-refractivity contribution in [1.82, 2.24) is 19.5 Å². The summed E-state index contributed by atoms with van der Waals surface area (Å²) in [6.45, 7) is 9.31. The molecule has 3 aromatic heterocycles. The van der Waals surface area contributed by atoms with Crippen molar-refractivity contribution in [3.63, 3.8) is 0 Å². The lowest BCUT2D eigenvalue weighted by Gasteiger charge is -2.42. The van der Waals surface area contributed by atoms with Gasteiger partial charge in [-0.1, -0.05) is 0 Å². The summed E-state index contributed by atoms with van der Waals surface area (Å²) in [7, 11) is 1.70. The number of halogens is 1. The van der Waals surface area contributed by atoms with Crippen LogP contribution < -0.4 is 20.4 Å². The van der Waals surface area contributed by atoms with E-state index < -0.39 is 5.82 Å². The Morgan fingerprint density at radius 3 is 2.58 bits per heavy atom. The maximum Gasteiger partial charge on any atom is 0.171 e. The predicted octanol–water partition coefficient (Wildman–Crippen LogP) is 1.32. The highest BCUT2D eigenvalue weighted by Crippen LogP contribution is 2.29. The molecule has 40 heavy (non-hydrogen) atoms. The molecule has 0 saturated carbocycles. The van der Waals surface area contributed by atoms with Crippen molar-refractivity contribution in [3.8, 4) is 6.07 Å². The van der Waals surface area contributed by atoms with Gasteiger partial charge in [-0.3, -0.25) is 4.90 Å². The van der Waals surface area contributed by atoms with Gasteiger partial charge in [0.05, 0.1) is 48.1 Å². The summed E-state index contributed by atoms with van der Waals surface area (Å²) >= 11 is 0. The van der Waals surface area contributed by atoms with Gasteiger partial charge in [0, 0.05) is 66.0 Å². The number of hydrogen-bond acceptors (Lipinski definition) is 10. The van der Waals surface area contributed by atoms with Crippen molar-refractivity contribution >= 4 is 22.7 Å². The first kappa shape index (κ1) is 26.7. The molecule has 12 heteroatoms. The minimum absolute atomic E-state index is 0.0000793. The first-order valence-electron chi connectivity index (χ1n) is 13.9. The normalized spacial score (nSPS) is 26.0. The molecule has 6 rings (SSSR count). The molecule has 212 valence electrons. The van der Waals surface area contributed by atoms with Gasteiger partial charge in [-0.25, -0.2) is 13.9 Å². The number of rotatable bonds is 6. The molecule has 3 aliphatic rings. The Morgan fingerprint density at radius 2 is 1.88 bits per heavy atom. The fourth-order valence-corrected chi connectivity index (χ4v) is 6.20. The first-order valence-corrected chi connectivity index (χ1v) is 13.9. The Bertz CT molecular complexity index is 1370. The standard InChI is InChI=1S/C28H36FN9O2/c1-19-14-36(25-5-3-20(11-30)38-28(25)23(29)13-33-38)16-22(40-19)15-34-7-9-35(10-8-34)21-4-6-27(32-12-21)37-17-24(31)26(18-37)39-2/h3-6,12-13,19,22,24,26H,7-10,14-18,31H2,1-2H3/t19-,22+,24-,26-/m1/s1. The molecule has 0 bridgehead atoms. The molecule has 4 atom stereocenters. The quantitative estimate of drug-likeness (QED) is 0.483. The Morgan fingerprint density at radius 1 is 1.05 bits per heavy atom. The van der Waals surface area contributed by atoms with Crippen LogP contribution in [0.25, 0.3) is 5.52 Å². The number of aromatic nitrogens is 3. The number of piperazine rings is 1. The minimum atomic E-state index is -0.426. The molecule has 0 spiro atoms. The lowest BCUT2D eigenvalue weighted by molar-refractivity contribution is -0.0327. The molecule has 0 radical (unpaired) electrons. The monoisotopic (exact) mass is 549 g/mol. The zero-order valence-corrected chi connectivity index (χ0v) is 23.0. The van der Waals surface area contributed by atoms with Crippen LogP contribution in [0.5, 0.6) is 0 Å². The number of fused-ring (bicyclic) bond motifs is 1. The Hall–Kier alpha value is -3.50. The second kappa shape index (κ2) is 11.2. The number of ether oxygens (including phenoxy) is 2. The zero-order valence-electron chi connectivity index (χ0n) is 23.0. The summed E-state index contributed by atoms with van der Waals surface area (Å²) in [5.41, 5.74) is 8.68. The first-order chi connectivity index (χ1) is 19.4. The van der Waals surface area contributed by atoms with E-state index in [-0.39, 0.29) is 24.4 Å². The van der Waals surface area contributed by atoms with Crippen LogP contribution in [0.15, 0.2) is 36.7 Å². The van der Waals surface area contributed by atoms with Gasteiger partial charge in [-0.05, 0) is 31.2 Å². The fourth-order valence-electron chi connectivity index (χ4n) is 6.20. The number of morpholine rings is 1. The summed E-state index contributed by atoms with van der Waals surface area (Å²) in [4.78, 5) is 13.9. The van der Waals surface area contributed by atoms with Crippen LogP contribution in [0, 0.1) is 17.1 Å². The average Bonchev–Trinajstić information content (AvgIpc) is 3.55. The third-order valence-corrected chi connectivity index (χ3v) is 8.24. The molecular weight excluding hydrogens is 513 g/mol. The molecule has 0 unspecified atom stereocenters. The lowest BCUT2D eigenvalue weighted by Crippen LogP contribution is -2.54. The summed E-state index contributed by atoms with van der Waals surface area (Å²) in [6.07, 6.45) is 3.14. The fraction of sp³-hybridized carbons (Fsp3) is 0.536. The molecule has 0 aromatic carbocycles. The van der Waals surface area contributed by atoms with Crippen LogP contribution in [0.3, 0.4) is 0 Å². The molecule has 11 nitrogen and oxygen atoms in total. The van der Waals surface area contributed by atoms with E-state index in [2.05, 4.69) is 42.9 Å². The SMILES string of the molecule is CO[C@@H]1CN(c2ccc(N3CCN(C[C@H]4CN(c5ccc(C#N)n6ncc(F)c56)C[C@@H](C)O4)CC3)cn2)C[C@H]1N. The Kier molecular flexibility index (Phi) is 7.46. The topological polar surface area (TPSA) is 111 Å². The van der Waals surface area contributed by atoms with Crippen LogP contribution >= 0.6 is 0 Å². The largest absolute Gasteiger partial charge is 0.378 e. The minimum Gasteiger partial charge on any atom is -0.378 e. The summed E-state index contributed by atoms with van der Waals surface area (Å²) in [5.74, 6) is 0.505. The van der Waals surface area contributed by atoms with Gasteiger partial charge < -0.3 is 29.9 Å². The third kappa shape index (κ3) is 5.17.